The molecule has 0 aliphatic carbocycles. The Labute approximate surface area is 183 Å². The van der Waals surface area contributed by atoms with Crippen molar-refractivity contribution < 1.29 is 13.2 Å². The molecule has 0 spiro atoms. The van der Waals surface area contributed by atoms with E-state index in [0.29, 0.717) is 5.69 Å². The zero-order valence-electron chi connectivity index (χ0n) is 17.8. The van der Waals surface area contributed by atoms with Crippen molar-refractivity contribution in [1.82, 2.24) is 4.72 Å². The van der Waals surface area contributed by atoms with Crippen LogP contribution in [0.15, 0.2) is 83.8 Å². The number of nitrogens with one attached hydrogen (secondary N) is 3. The van der Waals surface area contributed by atoms with Crippen molar-refractivity contribution in [2.24, 2.45) is 0 Å². The summed E-state index contributed by atoms with van der Waals surface area (Å²) in [5.41, 5.74) is 3.01. The summed E-state index contributed by atoms with van der Waals surface area (Å²) in [4.78, 5) is 12.7. The highest BCUT2D eigenvalue weighted by Crippen LogP contribution is 2.21. The van der Waals surface area contributed by atoms with Gasteiger partial charge in [-0.25, -0.2) is 13.1 Å². The lowest BCUT2D eigenvalue weighted by atomic mass is 10.1. The van der Waals surface area contributed by atoms with Crippen molar-refractivity contribution in [3.8, 4) is 0 Å². The number of benzene rings is 3. The predicted molar refractivity (Wildman–Crippen MR) is 125 cm³/mol. The Morgan fingerprint density at radius 2 is 1.45 bits per heavy atom. The molecule has 7 heteroatoms. The summed E-state index contributed by atoms with van der Waals surface area (Å²) in [5.74, 6) is -0.375. The summed E-state index contributed by atoms with van der Waals surface area (Å²) in [6.07, 6.45) is 0. The van der Waals surface area contributed by atoms with Crippen LogP contribution >= 0.6 is 0 Å². The molecule has 0 aliphatic rings. The first-order valence-corrected chi connectivity index (χ1v) is 11.6. The monoisotopic (exact) mass is 437 g/mol. The molecule has 1 atom stereocenters. The fourth-order valence-electron chi connectivity index (χ4n) is 3.11. The Kier molecular flexibility index (Phi) is 7.09. The predicted octanol–water partition coefficient (Wildman–Crippen LogP) is 4.80. The average Bonchev–Trinajstić information content (AvgIpc) is 2.75. The van der Waals surface area contributed by atoms with Gasteiger partial charge in [0.15, 0.2) is 0 Å². The summed E-state index contributed by atoms with van der Waals surface area (Å²) in [7, 11) is -3.67. The lowest BCUT2D eigenvalue weighted by molar-refractivity contribution is 0.102. The van der Waals surface area contributed by atoms with E-state index in [1.54, 1.807) is 38.1 Å². The standard InChI is InChI=1S/C24H27N3O3S/c1-17(2)27-31(29,30)23-11-7-10-20(16-23)24(28)26-22-14-12-21(13-15-22)25-18(3)19-8-5-4-6-9-19/h4-18,25,27H,1-3H3,(H,26,28)/t18-/m1/s1. The van der Waals surface area contributed by atoms with Gasteiger partial charge in [0.1, 0.15) is 0 Å². The normalized spacial score (nSPS) is 12.4. The number of sulfonamides is 1. The molecule has 1 amide bonds. The largest absolute Gasteiger partial charge is 0.379 e. The molecule has 3 rings (SSSR count). The molecule has 0 unspecified atom stereocenters. The summed E-state index contributed by atoms with van der Waals surface area (Å²) in [6.45, 7) is 5.57. The van der Waals surface area contributed by atoms with E-state index in [1.807, 2.05) is 30.3 Å². The molecule has 0 saturated heterocycles. The van der Waals surface area contributed by atoms with Gasteiger partial charge in [0.2, 0.25) is 10.0 Å². The Hall–Kier alpha value is -3.16. The molecule has 0 radical (unpaired) electrons. The summed E-state index contributed by atoms with van der Waals surface area (Å²) < 4.78 is 27.2. The van der Waals surface area contributed by atoms with Crippen molar-refractivity contribution in [2.45, 2.75) is 37.8 Å². The van der Waals surface area contributed by atoms with Crippen LogP contribution in [-0.2, 0) is 10.0 Å². The van der Waals surface area contributed by atoms with Crippen LogP contribution in [0.2, 0.25) is 0 Å². The van der Waals surface area contributed by atoms with Crippen molar-refractivity contribution in [3.05, 3.63) is 90.0 Å². The summed E-state index contributed by atoms with van der Waals surface area (Å²) in [5, 5.41) is 6.23. The van der Waals surface area contributed by atoms with Gasteiger partial charge in [-0.1, -0.05) is 36.4 Å². The summed E-state index contributed by atoms with van der Waals surface area (Å²) in [6, 6.07) is 23.4. The zero-order chi connectivity index (χ0) is 22.4. The van der Waals surface area contributed by atoms with Crippen LogP contribution in [0.5, 0.6) is 0 Å². The Balaban J connectivity index is 1.66. The van der Waals surface area contributed by atoms with Gasteiger partial charge >= 0.3 is 0 Å². The number of carbonyl (C=O) groups is 1. The third-order valence-corrected chi connectivity index (χ3v) is 6.28. The topological polar surface area (TPSA) is 87.3 Å². The third-order valence-electron chi connectivity index (χ3n) is 4.62. The fraction of sp³-hybridized carbons (Fsp3) is 0.208. The second kappa shape index (κ2) is 9.76. The molecular weight excluding hydrogens is 410 g/mol. The molecule has 0 bridgehead atoms. The first-order valence-electron chi connectivity index (χ1n) is 10.1. The molecule has 6 nitrogen and oxygen atoms in total. The lowest BCUT2D eigenvalue weighted by Gasteiger charge is -2.16. The Morgan fingerprint density at radius 1 is 0.806 bits per heavy atom. The highest BCUT2D eigenvalue weighted by atomic mass is 32.2. The molecule has 162 valence electrons. The first-order chi connectivity index (χ1) is 14.7. The lowest BCUT2D eigenvalue weighted by Crippen LogP contribution is -2.30. The van der Waals surface area contributed by atoms with Gasteiger partial charge in [-0.3, -0.25) is 4.79 Å². The van der Waals surface area contributed by atoms with Gasteiger partial charge < -0.3 is 10.6 Å². The van der Waals surface area contributed by atoms with Crippen molar-refractivity contribution in [2.75, 3.05) is 10.6 Å². The molecule has 0 aliphatic heterocycles. The highest BCUT2D eigenvalue weighted by molar-refractivity contribution is 7.89. The number of anilines is 2. The molecule has 3 N–H and O–H groups in total. The second-order valence-corrected chi connectivity index (χ2v) is 9.33. The maximum absolute atomic E-state index is 12.6. The minimum atomic E-state index is -3.67. The molecule has 0 saturated carbocycles. The minimum Gasteiger partial charge on any atom is -0.379 e. The number of hydrogen-bond acceptors (Lipinski definition) is 4. The maximum atomic E-state index is 12.6. The van der Waals surface area contributed by atoms with Crippen LogP contribution < -0.4 is 15.4 Å². The summed E-state index contributed by atoms with van der Waals surface area (Å²) >= 11 is 0. The number of hydrogen-bond donors (Lipinski definition) is 3. The molecule has 0 fully saturated rings. The first kappa shape index (κ1) is 22.5. The zero-order valence-corrected chi connectivity index (χ0v) is 18.6. The van der Waals surface area contributed by atoms with Crippen LogP contribution in [0.3, 0.4) is 0 Å². The van der Waals surface area contributed by atoms with Crippen molar-refractivity contribution in [1.29, 1.82) is 0 Å². The van der Waals surface area contributed by atoms with E-state index in [4.69, 9.17) is 0 Å². The van der Waals surface area contributed by atoms with Crippen LogP contribution in [0, 0.1) is 0 Å². The van der Waals surface area contributed by atoms with Gasteiger partial charge in [0.05, 0.1) is 4.90 Å². The number of amides is 1. The van der Waals surface area contributed by atoms with Crippen molar-refractivity contribution >= 4 is 27.3 Å². The van der Waals surface area contributed by atoms with Gasteiger partial charge in [-0.2, -0.15) is 0 Å². The van der Waals surface area contributed by atoms with Crippen molar-refractivity contribution in [3.63, 3.8) is 0 Å². The third kappa shape index (κ3) is 6.16. The second-order valence-electron chi connectivity index (χ2n) is 7.61. The van der Waals surface area contributed by atoms with E-state index in [-0.39, 0.29) is 28.4 Å². The van der Waals surface area contributed by atoms with E-state index in [0.717, 1.165) is 5.69 Å². The number of carbonyl (C=O) groups excluding carboxylic acids is 1. The van der Waals surface area contributed by atoms with Crippen LogP contribution in [0.25, 0.3) is 0 Å². The van der Waals surface area contributed by atoms with Gasteiger partial charge in [0, 0.05) is 29.0 Å². The van der Waals surface area contributed by atoms with E-state index < -0.39 is 10.0 Å². The molecule has 3 aromatic carbocycles. The Morgan fingerprint density at radius 3 is 2.10 bits per heavy atom. The van der Waals surface area contributed by atoms with E-state index in [1.165, 1.54) is 17.7 Å². The van der Waals surface area contributed by atoms with Gasteiger partial charge in [-0.15, -0.1) is 0 Å². The van der Waals surface area contributed by atoms with Crippen LogP contribution in [-0.4, -0.2) is 20.4 Å². The van der Waals surface area contributed by atoms with Gasteiger partial charge in [-0.05, 0) is 68.8 Å². The quantitative estimate of drug-likeness (QED) is 0.472. The smallest absolute Gasteiger partial charge is 0.255 e. The molecule has 3 aromatic rings. The maximum Gasteiger partial charge on any atom is 0.255 e. The van der Waals surface area contributed by atoms with E-state index >= 15 is 0 Å². The van der Waals surface area contributed by atoms with Gasteiger partial charge in [0.25, 0.3) is 5.91 Å². The molecule has 0 heterocycles. The molecular formula is C24H27N3O3S. The minimum absolute atomic E-state index is 0.0586. The van der Waals surface area contributed by atoms with Crippen LogP contribution in [0.1, 0.15) is 42.7 Å². The average molecular weight is 438 g/mol. The van der Waals surface area contributed by atoms with E-state index in [9.17, 15) is 13.2 Å². The molecule has 31 heavy (non-hydrogen) atoms. The Bertz CT molecular complexity index is 1130. The molecule has 0 aromatic heterocycles. The number of rotatable bonds is 8. The van der Waals surface area contributed by atoms with E-state index in [2.05, 4.69) is 34.4 Å². The highest BCUT2D eigenvalue weighted by Gasteiger charge is 2.17. The van der Waals surface area contributed by atoms with Crippen LogP contribution in [0.4, 0.5) is 11.4 Å². The SMILES string of the molecule is CC(C)NS(=O)(=O)c1cccc(C(=O)Nc2ccc(N[C@H](C)c3ccccc3)cc2)c1. The fourth-order valence-corrected chi connectivity index (χ4v) is 4.41.